The molecule has 0 spiro atoms. The fourth-order valence-corrected chi connectivity index (χ4v) is 0.917. The molecule has 72 valence electrons. The van der Waals surface area contributed by atoms with Crippen LogP contribution in [0.25, 0.3) is 0 Å². The van der Waals surface area contributed by atoms with Crippen LogP contribution < -0.4 is 5.32 Å². The summed E-state index contributed by atoms with van der Waals surface area (Å²) in [4.78, 5) is 12.4. The topological polar surface area (TPSA) is 52.6 Å². The van der Waals surface area contributed by atoms with E-state index in [1.807, 2.05) is 25.9 Å². The Morgan fingerprint density at radius 2 is 2.25 bits per heavy atom. The van der Waals surface area contributed by atoms with Gasteiger partial charge in [-0.3, -0.25) is 4.79 Å². The molecule has 0 aliphatic rings. The summed E-state index contributed by atoms with van der Waals surface area (Å²) < 4.78 is 0. The van der Waals surface area contributed by atoms with Crippen LogP contribution in [0, 0.1) is 0 Å². The lowest BCUT2D eigenvalue weighted by atomic mass is 10.2. The van der Waals surface area contributed by atoms with Crippen molar-refractivity contribution in [1.29, 1.82) is 0 Å². The van der Waals surface area contributed by atoms with E-state index in [-0.39, 0.29) is 12.5 Å². The predicted molar refractivity (Wildman–Crippen MR) is 48.3 cm³/mol. The molecular formula is C8H18N2O2. The van der Waals surface area contributed by atoms with Gasteiger partial charge in [-0.1, -0.05) is 0 Å². The fraction of sp³-hybridized carbons (Fsp3) is 0.875. The summed E-state index contributed by atoms with van der Waals surface area (Å²) in [5.41, 5.74) is 0. The summed E-state index contributed by atoms with van der Waals surface area (Å²) in [7, 11) is 3.82. The normalized spacial score (nSPS) is 13.3. The maximum atomic E-state index is 10.3. The van der Waals surface area contributed by atoms with E-state index in [0.717, 1.165) is 13.1 Å². The first-order chi connectivity index (χ1) is 5.57. The zero-order valence-electron chi connectivity index (χ0n) is 8.00. The van der Waals surface area contributed by atoms with E-state index in [9.17, 15) is 4.79 Å². The molecule has 0 rings (SSSR count). The summed E-state index contributed by atoms with van der Waals surface area (Å²) in [6.45, 7) is 3.69. The maximum absolute atomic E-state index is 10.3. The molecule has 0 aromatic carbocycles. The van der Waals surface area contributed by atoms with Crippen molar-refractivity contribution >= 4 is 5.97 Å². The minimum atomic E-state index is -0.737. The first-order valence-corrected chi connectivity index (χ1v) is 4.14. The van der Waals surface area contributed by atoms with Crippen molar-refractivity contribution < 1.29 is 9.90 Å². The van der Waals surface area contributed by atoms with Crippen LogP contribution >= 0.6 is 0 Å². The SMILES string of the molecule is CNCCN(C)C(C)CC(=O)O. The van der Waals surface area contributed by atoms with Gasteiger partial charge in [0, 0.05) is 19.1 Å². The van der Waals surface area contributed by atoms with Gasteiger partial charge in [0.15, 0.2) is 0 Å². The molecular weight excluding hydrogens is 156 g/mol. The van der Waals surface area contributed by atoms with Gasteiger partial charge < -0.3 is 15.3 Å². The van der Waals surface area contributed by atoms with Crippen LogP contribution in [0.3, 0.4) is 0 Å². The molecule has 0 bridgehead atoms. The number of rotatable bonds is 6. The number of likely N-dealkylation sites (N-methyl/N-ethyl adjacent to an activating group) is 2. The summed E-state index contributed by atoms with van der Waals surface area (Å²) >= 11 is 0. The Balaban J connectivity index is 3.60. The molecule has 0 aliphatic carbocycles. The fourth-order valence-electron chi connectivity index (χ4n) is 0.917. The Hall–Kier alpha value is -0.610. The number of aliphatic carboxylic acids is 1. The molecule has 0 aromatic rings. The van der Waals surface area contributed by atoms with E-state index in [0.29, 0.717) is 0 Å². The first kappa shape index (κ1) is 11.4. The van der Waals surface area contributed by atoms with Crippen molar-refractivity contribution in [2.24, 2.45) is 0 Å². The van der Waals surface area contributed by atoms with Crippen LogP contribution in [-0.4, -0.2) is 49.2 Å². The van der Waals surface area contributed by atoms with E-state index >= 15 is 0 Å². The lowest BCUT2D eigenvalue weighted by Crippen LogP contribution is -2.35. The lowest BCUT2D eigenvalue weighted by Gasteiger charge is -2.22. The second-order valence-corrected chi connectivity index (χ2v) is 3.03. The maximum Gasteiger partial charge on any atom is 0.304 e. The van der Waals surface area contributed by atoms with E-state index in [1.54, 1.807) is 0 Å². The summed E-state index contributed by atoms with van der Waals surface area (Å²) in [5, 5.41) is 11.5. The molecule has 0 aromatic heterocycles. The smallest absolute Gasteiger partial charge is 0.304 e. The van der Waals surface area contributed by atoms with Crippen LogP contribution in [-0.2, 0) is 4.79 Å². The second kappa shape index (κ2) is 5.97. The van der Waals surface area contributed by atoms with Gasteiger partial charge >= 0.3 is 5.97 Å². The van der Waals surface area contributed by atoms with E-state index in [2.05, 4.69) is 5.32 Å². The Morgan fingerprint density at radius 1 is 1.67 bits per heavy atom. The molecule has 0 aliphatic heterocycles. The minimum absolute atomic E-state index is 0.107. The zero-order chi connectivity index (χ0) is 9.56. The highest BCUT2D eigenvalue weighted by atomic mass is 16.4. The van der Waals surface area contributed by atoms with E-state index in [4.69, 9.17) is 5.11 Å². The summed E-state index contributed by atoms with van der Waals surface area (Å²) in [6, 6.07) is 0.107. The Bertz CT molecular complexity index is 139. The number of nitrogens with one attached hydrogen (secondary N) is 1. The molecule has 0 amide bonds. The van der Waals surface area contributed by atoms with Crippen molar-refractivity contribution in [3.63, 3.8) is 0 Å². The zero-order valence-corrected chi connectivity index (χ0v) is 8.00. The van der Waals surface area contributed by atoms with Crippen LogP contribution in [0.4, 0.5) is 0 Å². The monoisotopic (exact) mass is 174 g/mol. The summed E-state index contributed by atoms with van der Waals surface area (Å²) in [6.07, 6.45) is 0.209. The number of carbonyl (C=O) groups is 1. The molecule has 0 radical (unpaired) electrons. The van der Waals surface area contributed by atoms with Gasteiger partial charge in [0.2, 0.25) is 0 Å². The van der Waals surface area contributed by atoms with E-state index < -0.39 is 5.97 Å². The Morgan fingerprint density at radius 3 is 2.67 bits per heavy atom. The number of hydrogen-bond donors (Lipinski definition) is 2. The number of carboxylic acids is 1. The van der Waals surface area contributed by atoms with Gasteiger partial charge in [-0.2, -0.15) is 0 Å². The standard InChI is InChI=1S/C8H18N2O2/c1-7(6-8(11)12)10(3)5-4-9-2/h7,9H,4-6H2,1-3H3,(H,11,12). The third kappa shape index (κ3) is 5.09. The molecule has 12 heavy (non-hydrogen) atoms. The van der Waals surface area contributed by atoms with Crippen molar-refractivity contribution in [2.75, 3.05) is 27.2 Å². The highest BCUT2D eigenvalue weighted by molar-refractivity contribution is 5.67. The molecule has 4 nitrogen and oxygen atoms in total. The third-order valence-corrected chi connectivity index (χ3v) is 1.94. The average molecular weight is 174 g/mol. The Kier molecular flexibility index (Phi) is 5.66. The Labute approximate surface area is 73.6 Å². The van der Waals surface area contributed by atoms with Crippen LogP contribution in [0.5, 0.6) is 0 Å². The average Bonchev–Trinajstić information content (AvgIpc) is 1.98. The van der Waals surface area contributed by atoms with Gasteiger partial charge in [-0.05, 0) is 21.0 Å². The molecule has 0 fully saturated rings. The lowest BCUT2D eigenvalue weighted by molar-refractivity contribution is -0.138. The van der Waals surface area contributed by atoms with Crippen LogP contribution in [0.2, 0.25) is 0 Å². The van der Waals surface area contributed by atoms with Crippen molar-refractivity contribution in [2.45, 2.75) is 19.4 Å². The molecule has 0 saturated carbocycles. The number of nitrogens with zero attached hydrogens (tertiary/aromatic N) is 1. The molecule has 0 saturated heterocycles. The van der Waals surface area contributed by atoms with E-state index in [1.165, 1.54) is 0 Å². The molecule has 0 heterocycles. The molecule has 4 heteroatoms. The molecule has 2 N–H and O–H groups in total. The highest BCUT2D eigenvalue weighted by Crippen LogP contribution is 1.99. The van der Waals surface area contributed by atoms with Crippen LogP contribution in [0.1, 0.15) is 13.3 Å². The van der Waals surface area contributed by atoms with Gasteiger partial charge in [0.25, 0.3) is 0 Å². The van der Waals surface area contributed by atoms with Gasteiger partial charge in [-0.15, -0.1) is 0 Å². The van der Waals surface area contributed by atoms with Crippen LogP contribution in [0.15, 0.2) is 0 Å². The largest absolute Gasteiger partial charge is 0.481 e. The predicted octanol–water partition coefficient (Wildman–Crippen LogP) is 0.000800. The van der Waals surface area contributed by atoms with Gasteiger partial charge in [-0.25, -0.2) is 0 Å². The first-order valence-electron chi connectivity index (χ1n) is 4.14. The molecule has 1 atom stereocenters. The number of hydrogen-bond acceptors (Lipinski definition) is 3. The summed E-state index contributed by atoms with van der Waals surface area (Å²) in [5.74, 6) is -0.737. The quantitative estimate of drug-likeness (QED) is 0.595. The second-order valence-electron chi connectivity index (χ2n) is 3.03. The molecule has 1 unspecified atom stereocenters. The van der Waals surface area contributed by atoms with Gasteiger partial charge in [0.05, 0.1) is 6.42 Å². The highest BCUT2D eigenvalue weighted by Gasteiger charge is 2.11. The van der Waals surface area contributed by atoms with Crippen molar-refractivity contribution in [1.82, 2.24) is 10.2 Å². The minimum Gasteiger partial charge on any atom is -0.481 e. The van der Waals surface area contributed by atoms with Crippen molar-refractivity contribution in [3.05, 3.63) is 0 Å². The number of carboxylic acid groups (broad SMARTS) is 1. The van der Waals surface area contributed by atoms with Crippen molar-refractivity contribution in [3.8, 4) is 0 Å². The van der Waals surface area contributed by atoms with Gasteiger partial charge in [0.1, 0.15) is 0 Å². The third-order valence-electron chi connectivity index (χ3n) is 1.94.